The minimum Gasteiger partial charge on any atom is -0.300 e. The van der Waals surface area contributed by atoms with Crippen LogP contribution in [-0.4, -0.2) is 15.6 Å². The van der Waals surface area contributed by atoms with Crippen LogP contribution in [0.1, 0.15) is 43.5 Å². The number of aromatic nitrogens is 2. The summed E-state index contributed by atoms with van der Waals surface area (Å²) in [4.78, 5) is 11.6. The van der Waals surface area contributed by atoms with Crippen LogP contribution in [0.3, 0.4) is 0 Å². The number of rotatable bonds is 2. The molecule has 1 atom stereocenters. The van der Waals surface area contributed by atoms with E-state index in [1.54, 1.807) is 0 Å². The summed E-state index contributed by atoms with van der Waals surface area (Å²) in [5.41, 5.74) is 2.33. The Morgan fingerprint density at radius 3 is 3.00 bits per heavy atom. The Balaban J connectivity index is 2.02. The molecule has 16 heavy (non-hydrogen) atoms. The molecule has 3 nitrogen and oxygen atoms in total. The zero-order chi connectivity index (χ0) is 11.5. The fourth-order valence-corrected chi connectivity index (χ4v) is 2.61. The lowest BCUT2D eigenvalue weighted by Gasteiger charge is -2.12. The van der Waals surface area contributed by atoms with Crippen molar-refractivity contribution in [3.8, 4) is 0 Å². The molecule has 1 unspecified atom stereocenters. The molecule has 3 heteroatoms. The van der Waals surface area contributed by atoms with Crippen molar-refractivity contribution in [1.29, 1.82) is 0 Å². The zero-order valence-electron chi connectivity index (χ0n) is 10.2. The van der Waals surface area contributed by atoms with Crippen LogP contribution in [0.5, 0.6) is 0 Å². The Bertz CT molecular complexity index is 381. The van der Waals surface area contributed by atoms with Crippen LogP contribution in [-0.2, 0) is 18.3 Å². The smallest absolute Gasteiger partial charge is 0.133 e. The maximum atomic E-state index is 11.6. The SMILES string of the molecule is Cc1cc(CC2CCCCC(=O)C2)n(C)n1. The van der Waals surface area contributed by atoms with Gasteiger partial charge < -0.3 is 0 Å². The number of ketones is 1. The summed E-state index contributed by atoms with van der Waals surface area (Å²) in [7, 11) is 1.99. The van der Waals surface area contributed by atoms with E-state index in [-0.39, 0.29) is 0 Å². The fraction of sp³-hybridized carbons (Fsp3) is 0.692. The first-order chi connectivity index (χ1) is 7.65. The van der Waals surface area contributed by atoms with Gasteiger partial charge in [-0.3, -0.25) is 9.48 Å². The van der Waals surface area contributed by atoms with Crippen LogP contribution in [0.2, 0.25) is 0 Å². The minimum atomic E-state index is 0.446. The minimum absolute atomic E-state index is 0.446. The van der Waals surface area contributed by atoms with E-state index in [0.717, 1.165) is 31.4 Å². The van der Waals surface area contributed by atoms with Gasteiger partial charge in [-0.05, 0) is 38.2 Å². The van der Waals surface area contributed by atoms with E-state index in [0.29, 0.717) is 11.7 Å². The second-order valence-electron chi connectivity index (χ2n) is 4.96. The molecule has 1 aromatic rings. The molecule has 0 saturated heterocycles. The number of carbonyl (C=O) groups is 1. The zero-order valence-corrected chi connectivity index (χ0v) is 10.2. The van der Waals surface area contributed by atoms with Gasteiger partial charge in [0.05, 0.1) is 5.69 Å². The van der Waals surface area contributed by atoms with Crippen molar-refractivity contribution >= 4 is 5.78 Å². The number of hydrogen-bond acceptors (Lipinski definition) is 2. The monoisotopic (exact) mass is 220 g/mol. The summed E-state index contributed by atoms with van der Waals surface area (Å²) in [5, 5.41) is 4.35. The first-order valence-corrected chi connectivity index (χ1v) is 6.16. The molecular weight excluding hydrogens is 200 g/mol. The fourth-order valence-electron chi connectivity index (χ4n) is 2.61. The summed E-state index contributed by atoms with van der Waals surface area (Å²) in [6.07, 6.45) is 6.04. The van der Waals surface area contributed by atoms with Gasteiger partial charge in [0.25, 0.3) is 0 Å². The van der Waals surface area contributed by atoms with Crippen LogP contribution >= 0.6 is 0 Å². The van der Waals surface area contributed by atoms with E-state index >= 15 is 0 Å². The number of carbonyl (C=O) groups excluding carboxylic acids is 1. The molecule has 0 bridgehead atoms. The van der Waals surface area contributed by atoms with E-state index < -0.39 is 0 Å². The molecule has 0 aliphatic heterocycles. The molecule has 2 rings (SSSR count). The summed E-state index contributed by atoms with van der Waals surface area (Å²) in [6.45, 7) is 2.02. The molecule has 0 aromatic carbocycles. The third kappa shape index (κ3) is 2.71. The second-order valence-corrected chi connectivity index (χ2v) is 4.96. The van der Waals surface area contributed by atoms with E-state index in [1.807, 2.05) is 18.7 Å². The van der Waals surface area contributed by atoms with E-state index in [4.69, 9.17) is 0 Å². The van der Waals surface area contributed by atoms with Crippen molar-refractivity contribution in [1.82, 2.24) is 9.78 Å². The van der Waals surface area contributed by atoms with Gasteiger partial charge in [0.1, 0.15) is 5.78 Å². The van der Waals surface area contributed by atoms with Crippen LogP contribution in [0, 0.1) is 12.8 Å². The maximum Gasteiger partial charge on any atom is 0.133 e. The highest BCUT2D eigenvalue weighted by Gasteiger charge is 2.19. The highest BCUT2D eigenvalue weighted by atomic mass is 16.1. The Kier molecular flexibility index (Phi) is 3.42. The largest absolute Gasteiger partial charge is 0.300 e. The predicted molar refractivity (Wildman–Crippen MR) is 63.2 cm³/mol. The maximum absolute atomic E-state index is 11.6. The lowest BCUT2D eigenvalue weighted by molar-refractivity contribution is -0.119. The van der Waals surface area contributed by atoms with Gasteiger partial charge in [-0.25, -0.2) is 0 Å². The first kappa shape index (κ1) is 11.4. The van der Waals surface area contributed by atoms with Crippen molar-refractivity contribution < 1.29 is 4.79 Å². The summed E-state index contributed by atoms with van der Waals surface area (Å²) >= 11 is 0. The van der Waals surface area contributed by atoms with Gasteiger partial charge in [0, 0.05) is 25.6 Å². The molecule has 0 spiro atoms. The van der Waals surface area contributed by atoms with Crippen molar-refractivity contribution in [2.24, 2.45) is 13.0 Å². The van der Waals surface area contributed by atoms with Gasteiger partial charge in [0.15, 0.2) is 0 Å². The average molecular weight is 220 g/mol. The Hall–Kier alpha value is -1.12. The van der Waals surface area contributed by atoms with Gasteiger partial charge in [-0.2, -0.15) is 5.10 Å². The number of hydrogen-bond donors (Lipinski definition) is 0. The molecule has 1 saturated carbocycles. The normalized spacial score (nSPS) is 22.1. The summed E-state index contributed by atoms with van der Waals surface area (Å²) < 4.78 is 1.95. The molecular formula is C13H20N2O. The first-order valence-electron chi connectivity index (χ1n) is 6.16. The third-order valence-corrected chi connectivity index (χ3v) is 3.43. The Labute approximate surface area is 96.8 Å². The molecule has 0 radical (unpaired) electrons. The quantitative estimate of drug-likeness (QED) is 0.717. The molecule has 1 heterocycles. The van der Waals surface area contributed by atoms with E-state index in [2.05, 4.69) is 11.2 Å². The van der Waals surface area contributed by atoms with Crippen LogP contribution in [0.25, 0.3) is 0 Å². The number of nitrogens with zero attached hydrogens (tertiary/aromatic N) is 2. The highest BCUT2D eigenvalue weighted by molar-refractivity contribution is 5.78. The summed E-state index contributed by atoms with van der Waals surface area (Å²) in [5.74, 6) is 0.978. The van der Waals surface area contributed by atoms with Gasteiger partial charge in [-0.15, -0.1) is 0 Å². The molecule has 1 aliphatic carbocycles. The predicted octanol–water partition coefficient (Wildman–Crippen LogP) is 2.42. The lowest BCUT2D eigenvalue weighted by atomic mass is 9.94. The Morgan fingerprint density at radius 1 is 1.50 bits per heavy atom. The molecule has 88 valence electrons. The van der Waals surface area contributed by atoms with Gasteiger partial charge >= 0.3 is 0 Å². The topological polar surface area (TPSA) is 34.9 Å². The van der Waals surface area contributed by atoms with E-state index in [1.165, 1.54) is 18.5 Å². The van der Waals surface area contributed by atoms with Crippen molar-refractivity contribution in [3.05, 3.63) is 17.5 Å². The Morgan fingerprint density at radius 2 is 2.31 bits per heavy atom. The van der Waals surface area contributed by atoms with Crippen molar-refractivity contribution in [2.75, 3.05) is 0 Å². The van der Waals surface area contributed by atoms with Gasteiger partial charge in [-0.1, -0.05) is 6.42 Å². The van der Waals surface area contributed by atoms with E-state index in [9.17, 15) is 4.79 Å². The third-order valence-electron chi connectivity index (χ3n) is 3.43. The average Bonchev–Trinajstić information content (AvgIpc) is 2.42. The van der Waals surface area contributed by atoms with Crippen molar-refractivity contribution in [3.63, 3.8) is 0 Å². The number of Topliss-reactive ketones (excluding diaryl/α,β-unsaturated/α-hetero) is 1. The van der Waals surface area contributed by atoms with Gasteiger partial charge in [0.2, 0.25) is 0 Å². The second kappa shape index (κ2) is 4.81. The molecule has 0 N–H and O–H groups in total. The van der Waals surface area contributed by atoms with Crippen LogP contribution < -0.4 is 0 Å². The molecule has 1 aliphatic rings. The standard InChI is InChI=1S/C13H20N2O/c1-10-7-12(15(2)14-10)8-11-5-3-4-6-13(16)9-11/h7,11H,3-6,8-9H2,1-2H3. The molecule has 0 amide bonds. The van der Waals surface area contributed by atoms with Crippen LogP contribution in [0.4, 0.5) is 0 Å². The highest BCUT2D eigenvalue weighted by Crippen LogP contribution is 2.24. The summed E-state index contributed by atoms with van der Waals surface area (Å²) in [6, 6.07) is 2.13. The lowest BCUT2D eigenvalue weighted by Crippen LogP contribution is -2.11. The number of aryl methyl sites for hydroxylation is 2. The van der Waals surface area contributed by atoms with Crippen molar-refractivity contribution in [2.45, 2.75) is 45.4 Å². The molecule has 1 aromatic heterocycles. The molecule has 1 fully saturated rings. The van der Waals surface area contributed by atoms with Crippen LogP contribution in [0.15, 0.2) is 6.07 Å².